The first kappa shape index (κ1) is 33.1. The van der Waals surface area contributed by atoms with E-state index in [0.29, 0.717) is 43.0 Å². The van der Waals surface area contributed by atoms with E-state index in [1.165, 1.54) is 10.4 Å². The summed E-state index contributed by atoms with van der Waals surface area (Å²) in [6.45, 7) is 3.81. The number of benzene rings is 2. The fourth-order valence-electron chi connectivity index (χ4n) is 6.66. The summed E-state index contributed by atoms with van der Waals surface area (Å²) in [5.74, 6) is -2.37. The molecule has 2 aromatic heterocycles. The van der Waals surface area contributed by atoms with Gasteiger partial charge in [-0.05, 0) is 64.5 Å². The fourth-order valence-corrected chi connectivity index (χ4v) is 8.79. The Morgan fingerprint density at radius 2 is 1.87 bits per heavy atom. The van der Waals surface area contributed by atoms with Crippen LogP contribution in [0.1, 0.15) is 74.2 Å². The van der Waals surface area contributed by atoms with Gasteiger partial charge >= 0.3 is 10.2 Å². The standard InChI is InChI=1S/C33H36ClF2N5O5S/c1-20-12-14-23(19-33(2,43)28-18-27(46-38-28)21-9-5-3-6-10-21)41(20)47(44,45)39-30-26-11-7-4-8-16-40(26)31(29(30)34)32(42)37-22-13-15-24(35)25(36)17-22/h3,5-6,9-10,13,15,17-18,20,23,39,43H,4,7-8,11-12,14,16,19H2,1-2H3,(H,37,42). The fraction of sp³-hybridized carbons (Fsp3) is 0.394. The third-order valence-corrected chi connectivity index (χ3v) is 11.0. The molecule has 0 radical (unpaired) electrons. The van der Waals surface area contributed by atoms with Gasteiger partial charge in [0.1, 0.15) is 17.0 Å². The Kier molecular flexibility index (Phi) is 9.18. The molecule has 0 saturated carbocycles. The van der Waals surface area contributed by atoms with Crippen LogP contribution in [0.5, 0.6) is 0 Å². The van der Waals surface area contributed by atoms with Crippen LogP contribution in [0, 0.1) is 11.6 Å². The molecule has 47 heavy (non-hydrogen) atoms. The summed E-state index contributed by atoms with van der Waals surface area (Å²) in [6.07, 6.45) is 3.97. The molecule has 0 spiro atoms. The molecule has 4 aromatic rings. The lowest BCUT2D eigenvalue weighted by molar-refractivity contribution is 0.0229. The topological polar surface area (TPSA) is 130 Å². The Balaban J connectivity index is 1.27. The lowest BCUT2D eigenvalue weighted by Crippen LogP contribution is -2.45. The van der Waals surface area contributed by atoms with E-state index in [1.807, 2.05) is 30.3 Å². The van der Waals surface area contributed by atoms with Crippen molar-refractivity contribution in [2.45, 2.75) is 83.0 Å². The molecule has 14 heteroatoms. The van der Waals surface area contributed by atoms with Crippen molar-refractivity contribution in [2.24, 2.45) is 0 Å². The first-order valence-electron chi connectivity index (χ1n) is 15.6. The SMILES string of the molecule is CC1CCC(CC(C)(O)c2cc(-c3ccccc3)on2)N1S(=O)(=O)Nc1c(Cl)c(C(=O)Nc2ccc(F)c(F)c2)n2c1CCCCC2. The molecule has 2 aliphatic heterocycles. The smallest absolute Gasteiger partial charge is 0.302 e. The second-order valence-corrected chi connectivity index (χ2v) is 14.4. The van der Waals surface area contributed by atoms with Gasteiger partial charge in [0.05, 0.1) is 10.7 Å². The van der Waals surface area contributed by atoms with Gasteiger partial charge in [-0.25, -0.2) is 8.78 Å². The molecule has 3 unspecified atom stereocenters. The first-order valence-corrected chi connectivity index (χ1v) is 17.4. The Bertz CT molecular complexity index is 1900. The maximum absolute atomic E-state index is 14.2. The number of fused-ring (bicyclic) bond motifs is 1. The number of nitrogens with one attached hydrogen (secondary N) is 2. The average Bonchev–Trinajstić information content (AvgIpc) is 3.67. The molecule has 3 atom stereocenters. The van der Waals surface area contributed by atoms with Crippen molar-refractivity contribution in [3.05, 3.63) is 88.3 Å². The Morgan fingerprint density at radius 3 is 2.62 bits per heavy atom. The van der Waals surface area contributed by atoms with Crippen LogP contribution in [0.2, 0.25) is 5.02 Å². The van der Waals surface area contributed by atoms with Crippen molar-refractivity contribution >= 4 is 39.1 Å². The van der Waals surface area contributed by atoms with Crippen molar-refractivity contribution < 1.29 is 31.6 Å². The predicted octanol–water partition coefficient (Wildman–Crippen LogP) is 6.86. The minimum absolute atomic E-state index is 0.0278. The van der Waals surface area contributed by atoms with Crippen LogP contribution in [0.3, 0.4) is 0 Å². The van der Waals surface area contributed by atoms with E-state index >= 15 is 0 Å². The third kappa shape index (κ3) is 6.67. The van der Waals surface area contributed by atoms with Gasteiger partial charge in [-0.15, -0.1) is 0 Å². The van der Waals surface area contributed by atoms with Crippen LogP contribution in [0.4, 0.5) is 20.2 Å². The second kappa shape index (κ2) is 13.0. The molecule has 2 aliphatic rings. The highest BCUT2D eigenvalue weighted by Gasteiger charge is 2.44. The molecule has 2 aromatic carbocycles. The van der Waals surface area contributed by atoms with Gasteiger partial charge in [0.15, 0.2) is 17.4 Å². The number of carbonyl (C=O) groups is 1. The van der Waals surface area contributed by atoms with Crippen molar-refractivity contribution in [1.82, 2.24) is 14.0 Å². The van der Waals surface area contributed by atoms with E-state index < -0.39 is 39.4 Å². The average molecular weight is 688 g/mol. The normalized spacial score (nSPS) is 20.0. The maximum atomic E-state index is 14.2. The van der Waals surface area contributed by atoms with Crippen LogP contribution in [-0.4, -0.2) is 45.5 Å². The minimum atomic E-state index is -4.25. The van der Waals surface area contributed by atoms with Crippen molar-refractivity contribution in [3.8, 4) is 11.3 Å². The largest absolute Gasteiger partial charge is 0.384 e. The van der Waals surface area contributed by atoms with Gasteiger partial charge in [0, 0.05) is 47.7 Å². The minimum Gasteiger partial charge on any atom is -0.384 e. The molecule has 1 fully saturated rings. The van der Waals surface area contributed by atoms with Gasteiger partial charge in [-0.3, -0.25) is 9.52 Å². The van der Waals surface area contributed by atoms with Crippen LogP contribution in [0.15, 0.2) is 59.1 Å². The number of rotatable bonds is 9. The van der Waals surface area contributed by atoms with Gasteiger partial charge < -0.3 is 19.5 Å². The quantitative estimate of drug-likeness (QED) is 0.176. The summed E-state index contributed by atoms with van der Waals surface area (Å²) in [5, 5.41) is 18.1. The van der Waals surface area contributed by atoms with Gasteiger partial charge in [0.2, 0.25) is 0 Å². The summed E-state index contributed by atoms with van der Waals surface area (Å²) >= 11 is 6.80. The summed E-state index contributed by atoms with van der Waals surface area (Å²) in [4.78, 5) is 13.5. The van der Waals surface area contributed by atoms with E-state index in [1.54, 1.807) is 24.5 Å². The van der Waals surface area contributed by atoms with Crippen molar-refractivity contribution in [2.75, 3.05) is 10.0 Å². The maximum Gasteiger partial charge on any atom is 0.302 e. The molecule has 250 valence electrons. The van der Waals surface area contributed by atoms with Crippen molar-refractivity contribution in [3.63, 3.8) is 0 Å². The molecule has 0 aliphatic carbocycles. The van der Waals surface area contributed by atoms with Gasteiger partial charge in [-0.2, -0.15) is 12.7 Å². The van der Waals surface area contributed by atoms with E-state index in [9.17, 15) is 27.1 Å². The number of carbonyl (C=O) groups excluding carboxylic acids is 1. The highest BCUT2D eigenvalue weighted by Crippen LogP contribution is 2.41. The lowest BCUT2D eigenvalue weighted by Gasteiger charge is -2.32. The lowest BCUT2D eigenvalue weighted by atomic mass is 9.92. The predicted molar refractivity (Wildman–Crippen MR) is 174 cm³/mol. The molecule has 1 saturated heterocycles. The zero-order valence-electron chi connectivity index (χ0n) is 26.0. The van der Waals surface area contributed by atoms with Crippen molar-refractivity contribution in [1.29, 1.82) is 0 Å². The number of halogens is 3. The Labute approximate surface area is 276 Å². The number of amides is 1. The van der Waals surface area contributed by atoms with E-state index in [-0.39, 0.29) is 34.6 Å². The Hall–Kier alpha value is -3.78. The molecule has 3 N–H and O–H groups in total. The number of anilines is 2. The molecule has 10 nitrogen and oxygen atoms in total. The first-order chi connectivity index (χ1) is 22.4. The summed E-state index contributed by atoms with van der Waals surface area (Å²) < 4.78 is 66.9. The van der Waals surface area contributed by atoms with Crippen LogP contribution < -0.4 is 10.0 Å². The summed E-state index contributed by atoms with van der Waals surface area (Å²) in [7, 11) is -4.25. The number of hydrogen-bond acceptors (Lipinski definition) is 6. The highest BCUT2D eigenvalue weighted by molar-refractivity contribution is 7.90. The van der Waals surface area contributed by atoms with Crippen LogP contribution in [0.25, 0.3) is 11.3 Å². The molecular formula is C33H36ClF2N5O5S. The van der Waals surface area contributed by atoms with Crippen LogP contribution in [-0.2, 0) is 28.8 Å². The number of aliphatic hydroxyl groups is 1. The van der Waals surface area contributed by atoms with Crippen LogP contribution >= 0.6 is 11.6 Å². The molecular weight excluding hydrogens is 652 g/mol. The number of hydrogen-bond donors (Lipinski definition) is 3. The van der Waals surface area contributed by atoms with E-state index in [4.69, 9.17) is 16.1 Å². The number of aromatic nitrogens is 2. The molecule has 6 rings (SSSR count). The monoisotopic (exact) mass is 687 g/mol. The van der Waals surface area contributed by atoms with Gasteiger partial charge in [0.25, 0.3) is 5.91 Å². The summed E-state index contributed by atoms with van der Waals surface area (Å²) in [6, 6.07) is 13.0. The molecule has 0 bridgehead atoms. The third-order valence-electron chi connectivity index (χ3n) is 8.97. The van der Waals surface area contributed by atoms with E-state index in [2.05, 4.69) is 15.2 Å². The van der Waals surface area contributed by atoms with Gasteiger partial charge in [-0.1, -0.05) is 53.5 Å². The molecule has 1 amide bonds. The van der Waals surface area contributed by atoms with E-state index in [0.717, 1.165) is 37.0 Å². The second-order valence-electron chi connectivity index (χ2n) is 12.5. The summed E-state index contributed by atoms with van der Waals surface area (Å²) in [5.41, 5.74) is 0.315. The highest BCUT2D eigenvalue weighted by atomic mass is 35.5. The zero-order valence-corrected chi connectivity index (χ0v) is 27.5. The Morgan fingerprint density at radius 1 is 1.11 bits per heavy atom. The molecule has 4 heterocycles. The number of nitrogens with zero attached hydrogens (tertiary/aromatic N) is 3. The zero-order chi connectivity index (χ0) is 33.5.